The SMILES string of the molecule is CC1(COCCCCCCCCBr)CO1. The molecule has 0 aromatic heterocycles. The van der Waals surface area contributed by atoms with Gasteiger partial charge in [0.25, 0.3) is 0 Å². The molecule has 1 aliphatic heterocycles. The highest BCUT2D eigenvalue weighted by atomic mass is 79.9. The summed E-state index contributed by atoms with van der Waals surface area (Å²) in [5, 5.41) is 1.15. The largest absolute Gasteiger partial charge is 0.378 e. The second-order valence-electron chi connectivity index (χ2n) is 4.60. The van der Waals surface area contributed by atoms with Crippen LogP contribution in [0.5, 0.6) is 0 Å². The third-order valence-corrected chi connectivity index (χ3v) is 3.28. The van der Waals surface area contributed by atoms with Crippen LogP contribution >= 0.6 is 15.9 Å². The van der Waals surface area contributed by atoms with E-state index < -0.39 is 0 Å². The Labute approximate surface area is 102 Å². The first-order chi connectivity index (χ1) is 7.27. The number of rotatable bonds is 10. The molecule has 0 aromatic rings. The predicted molar refractivity (Wildman–Crippen MR) is 66.7 cm³/mol. The fraction of sp³-hybridized carbons (Fsp3) is 1.00. The predicted octanol–water partition coefficient (Wildman–Crippen LogP) is 3.53. The molecule has 3 heteroatoms. The van der Waals surface area contributed by atoms with E-state index in [9.17, 15) is 0 Å². The summed E-state index contributed by atoms with van der Waals surface area (Å²) in [6.45, 7) is 4.65. The summed E-state index contributed by atoms with van der Waals surface area (Å²) in [4.78, 5) is 0. The molecule has 1 rings (SSSR count). The third-order valence-electron chi connectivity index (χ3n) is 2.72. The molecule has 0 spiro atoms. The number of hydrogen-bond donors (Lipinski definition) is 0. The van der Waals surface area contributed by atoms with Gasteiger partial charge in [-0.25, -0.2) is 0 Å². The van der Waals surface area contributed by atoms with Crippen molar-refractivity contribution >= 4 is 15.9 Å². The molecule has 15 heavy (non-hydrogen) atoms. The van der Waals surface area contributed by atoms with Gasteiger partial charge in [0.15, 0.2) is 0 Å². The zero-order valence-corrected chi connectivity index (χ0v) is 11.4. The van der Waals surface area contributed by atoms with Crippen LogP contribution in [-0.4, -0.2) is 30.8 Å². The Morgan fingerprint density at radius 2 is 1.73 bits per heavy atom. The van der Waals surface area contributed by atoms with Gasteiger partial charge in [-0.2, -0.15) is 0 Å². The first-order valence-electron chi connectivity index (χ1n) is 6.04. The molecule has 0 amide bonds. The summed E-state index contributed by atoms with van der Waals surface area (Å²) in [6.07, 6.45) is 7.89. The molecule has 0 aromatic carbocycles. The Bertz CT molecular complexity index is 158. The van der Waals surface area contributed by atoms with Crippen molar-refractivity contribution in [3.05, 3.63) is 0 Å². The minimum Gasteiger partial charge on any atom is -0.378 e. The van der Waals surface area contributed by atoms with Crippen LogP contribution in [0.2, 0.25) is 0 Å². The van der Waals surface area contributed by atoms with Crippen molar-refractivity contribution in [3.8, 4) is 0 Å². The Morgan fingerprint density at radius 3 is 2.33 bits per heavy atom. The summed E-state index contributed by atoms with van der Waals surface area (Å²) in [5.74, 6) is 0. The van der Waals surface area contributed by atoms with Gasteiger partial charge in [-0.1, -0.05) is 41.6 Å². The first kappa shape index (κ1) is 13.5. The molecular weight excluding hydrogens is 256 g/mol. The van der Waals surface area contributed by atoms with Crippen molar-refractivity contribution in [2.24, 2.45) is 0 Å². The van der Waals surface area contributed by atoms with Gasteiger partial charge in [-0.05, 0) is 19.8 Å². The lowest BCUT2D eigenvalue weighted by Crippen LogP contribution is -2.14. The highest BCUT2D eigenvalue weighted by Crippen LogP contribution is 2.25. The Kier molecular flexibility index (Phi) is 6.86. The number of unbranched alkanes of at least 4 members (excludes halogenated alkanes) is 5. The molecule has 0 radical (unpaired) electrons. The molecule has 0 aliphatic carbocycles. The lowest BCUT2D eigenvalue weighted by atomic mass is 10.1. The summed E-state index contributed by atoms with van der Waals surface area (Å²) < 4.78 is 10.8. The maximum absolute atomic E-state index is 5.56. The number of hydrogen-bond acceptors (Lipinski definition) is 2. The van der Waals surface area contributed by atoms with Gasteiger partial charge in [0.2, 0.25) is 0 Å². The van der Waals surface area contributed by atoms with E-state index in [1.807, 2.05) is 0 Å². The van der Waals surface area contributed by atoms with Crippen molar-refractivity contribution in [1.82, 2.24) is 0 Å². The van der Waals surface area contributed by atoms with Crippen LogP contribution in [0.3, 0.4) is 0 Å². The van der Waals surface area contributed by atoms with Crippen LogP contribution in [0.15, 0.2) is 0 Å². The third kappa shape index (κ3) is 7.31. The summed E-state index contributed by atoms with van der Waals surface area (Å²) in [7, 11) is 0. The van der Waals surface area contributed by atoms with E-state index in [-0.39, 0.29) is 5.60 Å². The molecule has 1 atom stereocenters. The van der Waals surface area contributed by atoms with E-state index >= 15 is 0 Å². The lowest BCUT2D eigenvalue weighted by Gasteiger charge is -2.06. The maximum Gasteiger partial charge on any atom is 0.112 e. The van der Waals surface area contributed by atoms with Crippen molar-refractivity contribution in [2.75, 3.05) is 25.2 Å². The van der Waals surface area contributed by atoms with Crippen LogP contribution < -0.4 is 0 Å². The highest BCUT2D eigenvalue weighted by Gasteiger charge is 2.39. The molecule has 0 saturated carbocycles. The molecule has 0 N–H and O–H groups in total. The topological polar surface area (TPSA) is 21.8 Å². The van der Waals surface area contributed by atoms with Crippen LogP contribution in [-0.2, 0) is 9.47 Å². The average molecular weight is 279 g/mol. The van der Waals surface area contributed by atoms with Crippen LogP contribution in [0, 0.1) is 0 Å². The van der Waals surface area contributed by atoms with Crippen LogP contribution in [0.25, 0.3) is 0 Å². The van der Waals surface area contributed by atoms with Gasteiger partial charge in [0.1, 0.15) is 5.60 Å². The monoisotopic (exact) mass is 278 g/mol. The Hall–Kier alpha value is 0.400. The smallest absolute Gasteiger partial charge is 0.112 e. The second-order valence-corrected chi connectivity index (χ2v) is 5.39. The molecule has 1 saturated heterocycles. The van der Waals surface area contributed by atoms with Gasteiger partial charge in [0.05, 0.1) is 13.2 Å². The maximum atomic E-state index is 5.56. The minimum absolute atomic E-state index is 0.0654. The fourth-order valence-corrected chi connectivity index (χ4v) is 1.90. The minimum atomic E-state index is 0.0654. The summed E-state index contributed by atoms with van der Waals surface area (Å²) in [5.41, 5.74) is 0.0654. The summed E-state index contributed by atoms with van der Waals surface area (Å²) in [6, 6.07) is 0. The van der Waals surface area contributed by atoms with E-state index in [1.54, 1.807) is 0 Å². The normalized spacial score (nSPS) is 24.4. The number of halogens is 1. The molecule has 2 nitrogen and oxygen atoms in total. The van der Waals surface area contributed by atoms with Gasteiger partial charge >= 0.3 is 0 Å². The molecular formula is C12H23BrO2. The number of ether oxygens (including phenoxy) is 2. The zero-order valence-electron chi connectivity index (χ0n) is 9.77. The molecule has 1 heterocycles. The average Bonchev–Trinajstić information content (AvgIpc) is 2.95. The van der Waals surface area contributed by atoms with Crippen molar-refractivity contribution in [3.63, 3.8) is 0 Å². The first-order valence-corrected chi connectivity index (χ1v) is 7.17. The lowest BCUT2D eigenvalue weighted by molar-refractivity contribution is 0.0826. The van der Waals surface area contributed by atoms with E-state index in [4.69, 9.17) is 9.47 Å². The highest BCUT2D eigenvalue weighted by molar-refractivity contribution is 9.09. The molecule has 1 unspecified atom stereocenters. The van der Waals surface area contributed by atoms with Crippen molar-refractivity contribution in [1.29, 1.82) is 0 Å². The van der Waals surface area contributed by atoms with Crippen LogP contribution in [0.4, 0.5) is 0 Å². The number of epoxide rings is 1. The van der Waals surface area contributed by atoms with Crippen molar-refractivity contribution < 1.29 is 9.47 Å². The van der Waals surface area contributed by atoms with Crippen molar-refractivity contribution in [2.45, 2.75) is 51.0 Å². The zero-order chi connectivity index (χ0) is 11.0. The fourth-order valence-electron chi connectivity index (χ4n) is 1.50. The van der Waals surface area contributed by atoms with E-state index in [0.717, 1.165) is 25.2 Å². The molecule has 0 bridgehead atoms. The number of alkyl halides is 1. The Balaban J connectivity index is 1.70. The van der Waals surface area contributed by atoms with Gasteiger partial charge in [-0.3, -0.25) is 0 Å². The quantitative estimate of drug-likeness (QED) is 0.347. The molecule has 90 valence electrons. The molecule has 1 fully saturated rings. The van der Waals surface area contributed by atoms with Gasteiger partial charge in [-0.15, -0.1) is 0 Å². The molecule has 1 aliphatic rings. The van der Waals surface area contributed by atoms with Gasteiger partial charge < -0.3 is 9.47 Å². The van der Waals surface area contributed by atoms with E-state index in [0.29, 0.717) is 0 Å². The van der Waals surface area contributed by atoms with Crippen LogP contribution in [0.1, 0.15) is 45.4 Å². The second kappa shape index (κ2) is 7.64. The van der Waals surface area contributed by atoms with Gasteiger partial charge in [0, 0.05) is 11.9 Å². The van der Waals surface area contributed by atoms with E-state index in [1.165, 1.54) is 38.5 Å². The Morgan fingerprint density at radius 1 is 1.13 bits per heavy atom. The van der Waals surface area contributed by atoms with E-state index in [2.05, 4.69) is 22.9 Å². The summed E-state index contributed by atoms with van der Waals surface area (Å²) >= 11 is 3.45. The standard InChI is InChI=1S/C12H23BrO2/c1-12(11-15-12)10-14-9-7-5-3-2-4-6-8-13/h2-11H2,1H3.